The van der Waals surface area contributed by atoms with E-state index >= 15 is 0 Å². The summed E-state index contributed by atoms with van der Waals surface area (Å²) in [5, 5.41) is 10.7. The third-order valence-corrected chi connectivity index (χ3v) is 10.5. The van der Waals surface area contributed by atoms with Gasteiger partial charge in [-0.25, -0.2) is 9.97 Å². The molecule has 0 fully saturated rings. The van der Waals surface area contributed by atoms with Crippen LogP contribution in [0.1, 0.15) is 54.9 Å². The highest BCUT2D eigenvalue weighted by atomic mass is 35.5. The van der Waals surface area contributed by atoms with Crippen molar-refractivity contribution in [2.45, 2.75) is 86.6 Å². The van der Waals surface area contributed by atoms with Crippen LogP contribution in [0.15, 0.2) is 60.7 Å². The third kappa shape index (κ3) is 8.49. The molecule has 0 amide bonds. The Morgan fingerprint density at radius 1 is 0.643 bits per heavy atom. The smallest absolute Gasteiger partial charge is 0.141 e. The van der Waals surface area contributed by atoms with Crippen LogP contribution in [0.25, 0.3) is 45.3 Å². The molecule has 0 saturated carbocycles. The van der Waals surface area contributed by atoms with Crippen LogP contribution in [-0.2, 0) is 35.4 Å². The largest absolute Gasteiger partial charge is 0.506 e. The summed E-state index contributed by atoms with van der Waals surface area (Å²) in [6.07, 6.45) is 1.83. The molecule has 6 aromatic rings. The Kier molecular flexibility index (Phi) is 11.8. The molecule has 0 radical (unpaired) electrons. The van der Waals surface area contributed by atoms with Gasteiger partial charge in [0.25, 0.3) is 0 Å². The van der Waals surface area contributed by atoms with Gasteiger partial charge in [-0.05, 0) is 109 Å². The van der Waals surface area contributed by atoms with E-state index in [0.29, 0.717) is 35.6 Å². The van der Waals surface area contributed by atoms with Crippen LogP contribution < -0.4 is 4.74 Å². The number of aromatic nitrogens is 6. The number of hydrogen-bond acceptors (Lipinski definition) is 8. The predicted molar refractivity (Wildman–Crippen MR) is 222 cm³/mol. The minimum Gasteiger partial charge on any atom is -0.506 e. The van der Waals surface area contributed by atoms with Crippen molar-refractivity contribution in [3.05, 3.63) is 105 Å². The number of benzene rings is 2. The van der Waals surface area contributed by atoms with E-state index in [9.17, 15) is 5.11 Å². The summed E-state index contributed by atoms with van der Waals surface area (Å²) in [4.78, 5) is 19.1. The van der Waals surface area contributed by atoms with Gasteiger partial charge in [-0.15, -0.1) is 0 Å². The van der Waals surface area contributed by atoms with E-state index in [-0.39, 0.29) is 18.0 Å². The summed E-state index contributed by atoms with van der Waals surface area (Å²) >= 11 is 12.6. The van der Waals surface area contributed by atoms with Crippen LogP contribution in [0.5, 0.6) is 11.5 Å². The van der Waals surface area contributed by atoms with E-state index in [0.717, 1.165) is 99.7 Å². The zero-order valence-corrected chi connectivity index (χ0v) is 34.5. The van der Waals surface area contributed by atoms with Crippen LogP contribution in [0.4, 0.5) is 0 Å². The Morgan fingerprint density at radius 2 is 1.09 bits per heavy atom. The lowest BCUT2D eigenvalue weighted by Gasteiger charge is -2.13. The van der Waals surface area contributed by atoms with Gasteiger partial charge in [0.15, 0.2) is 0 Å². The summed E-state index contributed by atoms with van der Waals surface area (Å²) in [5.41, 5.74) is 12.2. The van der Waals surface area contributed by atoms with Gasteiger partial charge in [0.2, 0.25) is 0 Å². The second-order valence-electron chi connectivity index (χ2n) is 14.6. The van der Waals surface area contributed by atoms with Crippen molar-refractivity contribution in [2.75, 3.05) is 19.8 Å². The van der Waals surface area contributed by atoms with Crippen molar-refractivity contribution in [2.24, 2.45) is 0 Å². The Bertz CT molecular complexity index is 2350. The SMILES string of the molecule is CCOc1ccc(-c2nc(-c3cc(C)nc(C)c3)c3n2C[C@@H](C)OCC3)cc1Cl.Cc1cc(-c2nc(-c3ccc(O)c(Cl)c3)n3c2CCO[C@H](C)C3)cc(C)n1. The number of phenolic OH excluding ortho intramolecular Hbond substituents is 1. The highest BCUT2D eigenvalue weighted by molar-refractivity contribution is 6.32. The van der Waals surface area contributed by atoms with E-state index in [1.165, 1.54) is 5.69 Å². The first-order valence-corrected chi connectivity index (χ1v) is 19.9. The van der Waals surface area contributed by atoms with Gasteiger partial charge in [0.1, 0.15) is 23.1 Å². The first-order valence-electron chi connectivity index (χ1n) is 19.1. The van der Waals surface area contributed by atoms with Gasteiger partial charge in [0, 0.05) is 69.3 Å². The zero-order valence-electron chi connectivity index (χ0n) is 33.0. The number of fused-ring (bicyclic) bond motifs is 2. The molecule has 0 unspecified atom stereocenters. The first kappa shape index (κ1) is 39.5. The van der Waals surface area contributed by atoms with Crippen LogP contribution in [0.3, 0.4) is 0 Å². The molecule has 2 aliphatic heterocycles. The maximum Gasteiger partial charge on any atom is 0.141 e. The highest BCUT2D eigenvalue weighted by Gasteiger charge is 2.26. The molecule has 292 valence electrons. The number of aryl methyl sites for hydroxylation is 4. The topological polar surface area (TPSA) is 109 Å². The average molecular weight is 796 g/mol. The van der Waals surface area contributed by atoms with E-state index in [4.69, 9.17) is 47.4 Å². The lowest BCUT2D eigenvalue weighted by atomic mass is 10.1. The number of nitrogens with zero attached hydrogens (tertiary/aromatic N) is 6. The second-order valence-corrected chi connectivity index (χ2v) is 15.4. The Labute approximate surface area is 338 Å². The minimum atomic E-state index is 0.0698. The van der Waals surface area contributed by atoms with Crippen molar-refractivity contribution < 1.29 is 19.3 Å². The molecule has 6 heterocycles. The zero-order chi connectivity index (χ0) is 39.7. The maximum absolute atomic E-state index is 9.77. The molecule has 0 aliphatic carbocycles. The van der Waals surface area contributed by atoms with Crippen LogP contribution >= 0.6 is 23.2 Å². The fourth-order valence-corrected chi connectivity index (χ4v) is 8.03. The van der Waals surface area contributed by atoms with Crippen molar-refractivity contribution in [1.82, 2.24) is 29.1 Å². The Morgan fingerprint density at radius 3 is 1.52 bits per heavy atom. The van der Waals surface area contributed by atoms with Gasteiger partial charge in [0.05, 0.1) is 66.6 Å². The summed E-state index contributed by atoms with van der Waals surface area (Å²) in [7, 11) is 0. The third-order valence-electron chi connectivity index (χ3n) is 9.91. The normalized spacial score (nSPS) is 16.6. The predicted octanol–water partition coefficient (Wildman–Crippen LogP) is 9.79. The Hall–Kier alpha value is -4.74. The molecule has 0 bridgehead atoms. The van der Waals surface area contributed by atoms with E-state index in [1.54, 1.807) is 12.1 Å². The van der Waals surface area contributed by atoms with Crippen LogP contribution in [0, 0.1) is 27.7 Å². The fraction of sp³-hybridized carbons (Fsp3) is 0.364. The summed E-state index contributed by atoms with van der Waals surface area (Å²) in [5.74, 6) is 2.51. The van der Waals surface area contributed by atoms with Crippen molar-refractivity contribution in [3.8, 4) is 56.8 Å². The number of rotatable bonds is 6. The number of hydrogen-bond donors (Lipinski definition) is 1. The van der Waals surface area contributed by atoms with E-state index in [2.05, 4.69) is 57.2 Å². The van der Waals surface area contributed by atoms with Gasteiger partial charge >= 0.3 is 0 Å². The van der Waals surface area contributed by atoms with Crippen molar-refractivity contribution in [1.29, 1.82) is 0 Å². The minimum absolute atomic E-state index is 0.0698. The second kappa shape index (κ2) is 16.8. The molecule has 1 N–H and O–H groups in total. The van der Waals surface area contributed by atoms with Crippen LogP contribution in [-0.4, -0.2) is 66.2 Å². The summed E-state index contributed by atoms with van der Waals surface area (Å²) < 4.78 is 21.9. The number of pyridine rings is 2. The van der Waals surface area contributed by atoms with Crippen LogP contribution in [0.2, 0.25) is 10.0 Å². The summed E-state index contributed by atoms with van der Waals surface area (Å²) in [6.45, 7) is 17.6. The van der Waals surface area contributed by atoms with E-state index in [1.807, 2.05) is 58.9 Å². The molecule has 56 heavy (non-hydrogen) atoms. The van der Waals surface area contributed by atoms with E-state index < -0.39 is 0 Å². The molecule has 2 atom stereocenters. The summed E-state index contributed by atoms with van der Waals surface area (Å²) in [6, 6.07) is 19.4. The Balaban J connectivity index is 0.000000172. The lowest BCUT2D eigenvalue weighted by Crippen LogP contribution is -2.15. The lowest BCUT2D eigenvalue weighted by molar-refractivity contribution is 0.0665. The molecule has 10 nitrogen and oxygen atoms in total. The van der Waals surface area contributed by atoms with Gasteiger partial charge < -0.3 is 28.5 Å². The molecule has 12 heteroatoms. The average Bonchev–Trinajstić information content (AvgIpc) is 3.52. The molecule has 0 spiro atoms. The molecule has 4 aromatic heterocycles. The van der Waals surface area contributed by atoms with Gasteiger partial charge in [-0.3, -0.25) is 9.97 Å². The molecule has 2 aliphatic rings. The first-order chi connectivity index (χ1) is 26.9. The number of imidazole rings is 2. The van der Waals surface area contributed by atoms with Gasteiger partial charge in [-0.2, -0.15) is 0 Å². The van der Waals surface area contributed by atoms with Crippen molar-refractivity contribution >= 4 is 23.2 Å². The van der Waals surface area contributed by atoms with Crippen molar-refractivity contribution in [3.63, 3.8) is 0 Å². The highest BCUT2D eigenvalue weighted by Crippen LogP contribution is 2.37. The maximum atomic E-state index is 9.77. The number of ether oxygens (including phenoxy) is 3. The molecule has 2 aromatic carbocycles. The quantitative estimate of drug-likeness (QED) is 0.178. The monoisotopic (exact) mass is 794 g/mol. The molecular weight excluding hydrogens is 747 g/mol. The van der Waals surface area contributed by atoms with Gasteiger partial charge in [-0.1, -0.05) is 23.2 Å². The molecular formula is C44H48Cl2N6O4. The molecule has 8 rings (SSSR count). The fourth-order valence-electron chi connectivity index (χ4n) is 7.61. The number of phenols is 1. The molecule has 0 saturated heterocycles. The number of aromatic hydroxyl groups is 1. The number of halogens is 2. The standard InChI is InChI=1S/C23H26ClN3O2.C21H22ClN3O2/c1-5-28-21-7-6-17(12-19(21)24)23-26-22(18-10-14(2)25-15(3)11-18)20-8-9-29-16(4)13-27(20)23;1-12-8-16(9-13(2)23-12)20-18-6-7-27-14(3)11-25(18)21(24-20)15-4-5-19(26)17(22)10-15/h6-7,10-12,16H,5,8-9,13H2,1-4H3;4-5,8-10,14,26H,6-7,11H2,1-3H3/t16-;14-/m11/s1.